The lowest BCUT2D eigenvalue weighted by molar-refractivity contribution is 0.0366. The van der Waals surface area contributed by atoms with Crippen LogP contribution in [0.3, 0.4) is 0 Å². The first kappa shape index (κ1) is 16.1. The van der Waals surface area contributed by atoms with Gasteiger partial charge >= 0.3 is 0 Å². The number of methoxy groups -OCH3 is 1. The summed E-state index contributed by atoms with van der Waals surface area (Å²) in [5.74, 6) is 1.82. The second-order valence-corrected chi connectivity index (χ2v) is 6.23. The average Bonchev–Trinajstić information content (AvgIpc) is 2.44. The van der Waals surface area contributed by atoms with E-state index in [1.807, 2.05) is 26.0 Å². The average molecular weight is 293 g/mol. The second-order valence-electron chi connectivity index (χ2n) is 6.23. The SMILES string of the molecule is COc1cc(CC2CN(C)CCC2O)ccc1OC(C)C. The van der Waals surface area contributed by atoms with Crippen molar-refractivity contribution in [3.63, 3.8) is 0 Å². The molecule has 0 spiro atoms. The van der Waals surface area contributed by atoms with Gasteiger partial charge in [-0.2, -0.15) is 0 Å². The molecule has 1 aliphatic rings. The Hall–Kier alpha value is -1.26. The van der Waals surface area contributed by atoms with Gasteiger partial charge in [-0.1, -0.05) is 6.07 Å². The van der Waals surface area contributed by atoms with Gasteiger partial charge in [0.15, 0.2) is 11.5 Å². The van der Waals surface area contributed by atoms with Gasteiger partial charge < -0.3 is 19.5 Å². The highest BCUT2D eigenvalue weighted by Crippen LogP contribution is 2.31. The standard InChI is InChI=1S/C17H27NO3/c1-12(2)21-16-6-5-13(10-17(16)20-4)9-14-11-18(3)8-7-15(14)19/h5-6,10,12,14-15,19H,7-9,11H2,1-4H3. The fraction of sp³-hybridized carbons (Fsp3) is 0.647. The van der Waals surface area contributed by atoms with E-state index in [0.29, 0.717) is 0 Å². The van der Waals surface area contributed by atoms with Crippen LogP contribution in [0.1, 0.15) is 25.8 Å². The zero-order valence-corrected chi connectivity index (χ0v) is 13.5. The first-order chi connectivity index (χ1) is 9.99. The Morgan fingerprint density at radius 3 is 2.76 bits per heavy atom. The maximum Gasteiger partial charge on any atom is 0.161 e. The molecule has 0 aromatic heterocycles. The summed E-state index contributed by atoms with van der Waals surface area (Å²) in [6, 6.07) is 6.06. The number of benzene rings is 1. The van der Waals surface area contributed by atoms with E-state index < -0.39 is 0 Å². The van der Waals surface area contributed by atoms with Crippen LogP contribution in [0.2, 0.25) is 0 Å². The Bertz CT molecular complexity index is 461. The van der Waals surface area contributed by atoms with Crippen LogP contribution in [0.4, 0.5) is 0 Å². The summed E-state index contributed by atoms with van der Waals surface area (Å²) in [5.41, 5.74) is 1.18. The summed E-state index contributed by atoms with van der Waals surface area (Å²) in [7, 11) is 3.77. The summed E-state index contributed by atoms with van der Waals surface area (Å²) in [6.45, 7) is 5.92. The van der Waals surface area contributed by atoms with Crippen LogP contribution < -0.4 is 9.47 Å². The van der Waals surface area contributed by atoms with Gasteiger partial charge in [0.05, 0.1) is 19.3 Å². The predicted octanol–water partition coefficient (Wildman–Crippen LogP) is 2.34. The van der Waals surface area contributed by atoms with Crippen LogP contribution in [0, 0.1) is 5.92 Å². The Balaban J connectivity index is 2.09. The molecule has 118 valence electrons. The Morgan fingerprint density at radius 2 is 2.10 bits per heavy atom. The van der Waals surface area contributed by atoms with Gasteiger partial charge in [0.25, 0.3) is 0 Å². The number of aliphatic hydroxyl groups excluding tert-OH is 1. The van der Waals surface area contributed by atoms with Gasteiger partial charge in [-0.05, 0) is 51.4 Å². The van der Waals surface area contributed by atoms with Crippen molar-refractivity contribution >= 4 is 0 Å². The molecule has 0 saturated carbocycles. The normalized spacial score (nSPS) is 23.3. The van der Waals surface area contributed by atoms with Gasteiger partial charge in [0, 0.05) is 19.0 Å². The van der Waals surface area contributed by atoms with Crippen LogP contribution in [0.5, 0.6) is 11.5 Å². The highest BCUT2D eigenvalue weighted by molar-refractivity contribution is 5.43. The third-order valence-corrected chi connectivity index (χ3v) is 3.99. The molecule has 4 nitrogen and oxygen atoms in total. The highest BCUT2D eigenvalue weighted by atomic mass is 16.5. The van der Waals surface area contributed by atoms with Crippen molar-refractivity contribution in [2.45, 2.75) is 38.9 Å². The molecule has 21 heavy (non-hydrogen) atoms. The first-order valence-electron chi connectivity index (χ1n) is 7.69. The van der Waals surface area contributed by atoms with Crippen LogP contribution >= 0.6 is 0 Å². The minimum Gasteiger partial charge on any atom is -0.493 e. The van der Waals surface area contributed by atoms with Gasteiger partial charge in [-0.3, -0.25) is 0 Å². The number of likely N-dealkylation sites (tertiary alicyclic amines) is 1. The summed E-state index contributed by atoms with van der Waals surface area (Å²) in [5, 5.41) is 10.2. The van der Waals surface area contributed by atoms with Gasteiger partial charge in [-0.15, -0.1) is 0 Å². The smallest absolute Gasteiger partial charge is 0.161 e. The number of piperidine rings is 1. The molecular weight excluding hydrogens is 266 g/mol. The van der Waals surface area contributed by atoms with Crippen LogP contribution in [0.15, 0.2) is 18.2 Å². The first-order valence-corrected chi connectivity index (χ1v) is 7.69. The molecule has 1 heterocycles. The number of hydrogen-bond donors (Lipinski definition) is 1. The van der Waals surface area contributed by atoms with E-state index in [-0.39, 0.29) is 18.1 Å². The zero-order valence-electron chi connectivity index (χ0n) is 13.5. The fourth-order valence-corrected chi connectivity index (χ4v) is 2.90. The molecule has 2 atom stereocenters. The van der Waals surface area contributed by atoms with Crippen LogP contribution in [-0.2, 0) is 6.42 Å². The van der Waals surface area contributed by atoms with Crippen LogP contribution in [0.25, 0.3) is 0 Å². The molecule has 0 amide bonds. The van der Waals surface area contributed by atoms with E-state index in [2.05, 4.69) is 18.0 Å². The Labute approximate surface area is 127 Å². The van der Waals surface area contributed by atoms with Gasteiger partial charge in [0.2, 0.25) is 0 Å². The lowest BCUT2D eigenvalue weighted by atomic mass is 9.89. The molecule has 1 aromatic rings. The van der Waals surface area contributed by atoms with E-state index in [4.69, 9.17) is 9.47 Å². The van der Waals surface area contributed by atoms with Crippen molar-refractivity contribution in [2.75, 3.05) is 27.2 Å². The quantitative estimate of drug-likeness (QED) is 0.905. The summed E-state index contributed by atoms with van der Waals surface area (Å²) in [6.07, 6.45) is 1.63. The van der Waals surface area contributed by atoms with Gasteiger partial charge in [-0.25, -0.2) is 0 Å². The van der Waals surface area contributed by atoms with E-state index >= 15 is 0 Å². The van der Waals surface area contributed by atoms with Crippen molar-refractivity contribution in [1.29, 1.82) is 0 Å². The molecule has 2 rings (SSSR count). The maximum absolute atomic E-state index is 10.2. The second kappa shape index (κ2) is 7.14. The largest absolute Gasteiger partial charge is 0.493 e. The number of ether oxygens (including phenoxy) is 2. The lowest BCUT2D eigenvalue weighted by Crippen LogP contribution is -2.41. The van der Waals surface area contributed by atoms with Crippen molar-refractivity contribution in [3.05, 3.63) is 23.8 Å². The summed E-state index contributed by atoms with van der Waals surface area (Å²) >= 11 is 0. The third kappa shape index (κ3) is 4.35. The molecule has 1 saturated heterocycles. The van der Waals surface area contributed by atoms with Crippen molar-refractivity contribution in [1.82, 2.24) is 4.90 Å². The minimum absolute atomic E-state index is 0.124. The fourth-order valence-electron chi connectivity index (χ4n) is 2.90. The van der Waals surface area contributed by atoms with Crippen molar-refractivity contribution in [3.8, 4) is 11.5 Å². The Kier molecular flexibility index (Phi) is 5.48. The van der Waals surface area contributed by atoms with E-state index in [1.165, 1.54) is 5.56 Å². The number of nitrogens with zero attached hydrogens (tertiary/aromatic N) is 1. The van der Waals surface area contributed by atoms with Gasteiger partial charge in [0.1, 0.15) is 0 Å². The van der Waals surface area contributed by atoms with E-state index in [9.17, 15) is 5.11 Å². The molecule has 0 aliphatic carbocycles. The molecule has 1 aromatic carbocycles. The molecule has 1 N–H and O–H groups in total. The molecule has 0 radical (unpaired) electrons. The summed E-state index contributed by atoms with van der Waals surface area (Å²) < 4.78 is 11.2. The van der Waals surface area contributed by atoms with Crippen molar-refractivity contribution < 1.29 is 14.6 Å². The molecule has 4 heteroatoms. The molecular formula is C17H27NO3. The monoisotopic (exact) mass is 293 g/mol. The van der Waals surface area contributed by atoms with Crippen molar-refractivity contribution in [2.24, 2.45) is 5.92 Å². The summed E-state index contributed by atoms with van der Waals surface area (Å²) in [4.78, 5) is 2.28. The van der Waals surface area contributed by atoms with E-state index in [0.717, 1.165) is 37.4 Å². The highest BCUT2D eigenvalue weighted by Gasteiger charge is 2.26. The van der Waals surface area contributed by atoms with Crippen LogP contribution in [-0.4, -0.2) is 49.5 Å². The lowest BCUT2D eigenvalue weighted by Gasteiger charge is -2.34. The zero-order chi connectivity index (χ0) is 15.4. The number of aliphatic hydroxyl groups is 1. The molecule has 1 fully saturated rings. The minimum atomic E-state index is -0.209. The number of hydrogen-bond acceptors (Lipinski definition) is 4. The third-order valence-electron chi connectivity index (χ3n) is 3.99. The number of rotatable bonds is 5. The van der Waals surface area contributed by atoms with E-state index in [1.54, 1.807) is 7.11 Å². The molecule has 1 aliphatic heterocycles. The predicted molar refractivity (Wildman–Crippen MR) is 84.1 cm³/mol. The molecule has 2 unspecified atom stereocenters. The Morgan fingerprint density at radius 1 is 1.33 bits per heavy atom. The molecule has 0 bridgehead atoms. The maximum atomic E-state index is 10.2. The topological polar surface area (TPSA) is 41.9 Å².